The van der Waals surface area contributed by atoms with E-state index < -0.39 is 17.8 Å². The molecule has 1 unspecified atom stereocenters. The maximum Gasteiger partial charge on any atom is 0.333 e. The second-order valence-electron chi connectivity index (χ2n) is 5.24. The highest BCUT2D eigenvalue weighted by Gasteiger charge is 2.32. The molecule has 0 saturated carbocycles. The van der Waals surface area contributed by atoms with E-state index in [1.54, 1.807) is 14.2 Å². The van der Waals surface area contributed by atoms with E-state index in [1.807, 2.05) is 0 Å². The van der Waals surface area contributed by atoms with Crippen LogP contribution in [-0.2, 0) is 33.4 Å². The fourth-order valence-corrected chi connectivity index (χ4v) is 2.04. The molecule has 0 aliphatic carbocycles. The Morgan fingerprint density at radius 3 is 2.39 bits per heavy atom. The van der Waals surface area contributed by atoms with Crippen LogP contribution in [0.2, 0.25) is 0 Å². The number of amides is 2. The molecule has 132 valence electrons. The van der Waals surface area contributed by atoms with Gasteiger partial charge < -0.3 is 19.0 Å². The molecule has 0 aromatic carbocycles. The minimum Gasteiger partial charge on any atom is -0.382 e. The lowest BCUT2D eigenvalue weighted by atomic mass is 10.2. The summed E-state index contributed by atoms with van der Waals surface area (Å²) in [5.41, 5.74) is 0. The molecule has 1 heterocycles. The minimum atomic E-state index is -0.561. The van der Waals surface area contributed by atoms with Crippen LogP contribution >= 0.6 is 0 Å². The van der Waals surface area contributed by atoms with Crippen LogP contribution in [0, 0.1) is 0 Å². The van der Waals surface area contributed by atoms with E-state index in [9.17, 15) is 14.4 Å². The minimum absolute atomic E-state index is 0.0782. The first-order chi connectivity index (χ1) is 11.1. The second-order valence-corrected chi connectivity index (χ2v) is 5.24. The van der Waals surface area contributed by atoms with Crippen LogP contribution in [0.4, 0.5) is 0 Å². The van der Waals surface area contributed by atoms with Crippen LogP contribution in [0.5, 0.6) is 0 Å². The quantitative estimate of drug-likeness (QED) is 0.386. The van der Waals surface area contributed by atoms with Gasteiger partial charge in [0.05, 0.1) is 13.2 Å². The number of methoxy groups -OCH3 is 2. The van der Waals surface area contributed by atoms with Gasteiger partial charge >= 0.3 is 5.97 Å². The van der Waals surface area contributed by atoms with Gasteiger partial charge in [-0.1, -0.05) is 6.42 Å². The van der Waals surface area contributed by atoms with Crippen LogP contribution in [-0.4, -0.2) is 63.0 Å². The van der Waals surface area contributed by atoms with E-state index in [4.69, 9.17) is 19.0 Å². The van der Waals surface area contributed by atoms with Crippen molar-refractivity contribution in [3.05, 3.63) is 0 Å². The Morgan fingerprint density at radius 2 is 1.78 bits per heavy atom. The summed E-state index contributed by atoms with van der Waals surface area (Å²) in [6.07, 6.45) is 2.51. The molecule has 0 radical (unpaired) electrons. The Labute approximate surface area is 135 Å². The third-order valence-electron chi connectivity index (χ3n) is 3.36. The zero-order chi connectivity index (χ0) is 17.1. The molecule has 2 amide bonds. The summed E-state index contributed by atoms with van der Waals surface area (Å²) in [6.45, 7) is 1.52. The van der Waals surface area contributed by atoms with Crippen molar-refractivity contribution in [1.82, 2.24) is 5.06 Å². The van der Waals surface area contributed by atoms with Gasteiger partial charge in [-0.15, -0.1) is 5.06 Å². The van der Waals surface area contributed by atoms with E-state index in [0.29, 0.717) is 31.3 Å². The number of hydrogen-bond acceptors (Lipinski definition) is 7. The zero-order valence-electron chi connectivity index (χ0n) is 13.7. The molecule has 0 N–H and O–H groups in total. The monoisotopic (exact) mass is 331 g/mol. The van der Waals surface area contributed by atoms with Crippen LogP contribution < -0.4 is 0 Å². The second kappa shape index (κ2) is 11.1. The lowest BCUT2D eigenvalue weighted by Gasteiger charge is -2.14. The summed E-state index contributed by atoms with van der Waals surface area (Å²) in [4.78, 5) is 38.9. The molecule has 1 saturated heterocycles. The molecule has 1 fully saturated rings. The molecular formula is C15H25NO7. The number of carbonyl (C=O) groups excluding carboxylic acids is 3. The Bertz CT molecular complexity index is 383. The van der Waals surface area contributed by atoms with Crippen molar-refractivity contribution in [3.8, 4) is 0 Å². The molecule has 1 atom stereocenters. The standard InChI is InChI=1S/C15H25NO7/c1-20-10-12(21-2)11-22-9-5-3-4-6-15(19)23-16-13(17)7-8-14(16)18/h12H,3-11H2,1-2H3. The first-order valence-electron chi connectivity index (χ1n) is 7.74. The van der Waals surface area contributed by atoms with Gasteiger partial charge in [-0.05, 0) is 12.8 Å². The zero-order valence-corrected chi connectivity index (χ0v) is 13.7. The summed E-state index contributed by atoms with van der Waals surface area (Å²) in [6, 6.07) is 0. The van der Waals surface area contributed by atoms with Gasteiger partial charge in [0, 0.05) is 40.1 Å². The summed E-state index contributed by atoms with van der Waals surface area (Å²) in [5, 5.41) is 0.576. The maximum absolute atomic E-state index is 11.5. The number of nitrogens with zero attached hydrogens (tertiary/aromatic N) is 1. The largest absolute Gasteiger partial charge is 0.382 e. The summed E-state index contributed by atoms with van der Waals surface area (Å²) in [7, 11) is 3.21. The van der Waals surface area contributed by atoms with Gasteiger partial charge in [0.2, 0.25) is 0 Å². The average Bonchev–Trinajstić information content (AvgIpc) is 2.84. The molecule has 8 heteroatoms. The molecule has 8 nitrogen and oxygen atoms in total. The molecule has 23 heavy (non-hydrogen) atoms. The topological polar surface area (TPSA) is 91.4 Å². The van der Waals surface area contributed by atoms with Gasteiger partial charge in [0.15, 0.2) is 0 Å². The Kier molecular flexibility index (Phi) is 9.42. The summed E-state index contributed by atoms with van der Waals surface area (Å²) >= 11 is 0. The highest BCUT2D eigenvalue weighted by atomic mass is 16.7. The number of hydrogen-bond donors (Lipinski definition) is 0. The van der Waals surface area contributed by atoms with Crippen LogP contribution in [0.3, 0.4) is 0 Å². The summed E-state index contributed by atoms with van der Waals surface area (Å²) in [5.74, 6) is -1.48. The first-order valence-corrected chi connectivity index (χ1v) is 7.74. The van der Waals surface area contributed by atoms with E-state index >= 15 is 0 Å². The fraction of sp³-hybridized carbons (Fsp3) is 0.800. The number of rotatable bonds is 12. The predicted octanol–water partition coefficient (Wildman–Crippen LogP) is 0.832. The predicted molar refractivity (Wildman–Crippen MR) is 79.1 cm³/mol. The SMILES string of the molecule is COCC(COCCCCCC(=O)ON1C(=O)CCC1=O)OC. The molecule has 0 bridgehead atoms. The smallest absolute Gasteiger partial charge is 0.333 e. The third-order valence-corrected chi connectivity index (χ3v) is 3.36. The van der Waals surface area contributed by atoms with Crippen molar-refractivity contribution in [3.63, 3.8) is 0 Å². The Hall–Kier alpha value is -1.51. The Balaban J connectivity index is 2.01. The van der Waals surface area contributed by atoms with E-state index in [-0.39, 0.29) is 25.4 Å². The number of ether oxygens (including phenoxy) is 3. The highest BCUT2D eigenvalue weighted by Crippen LogP contribution is 2.13. The van der Waals surface area contributed by atoms with Crippen molar-refractivity contribution >= 4 is 17.8 Å². The van der Waals surface area contributed by atoms with Crippen LogP contribution in [0.25, 0.3) is 0 Å². The molecule has 1 aliphatic heterocycles. The van der Waals surface area contributed by atoms with Gasteiger partial charge in [-0.3, -0.25) is 9.59 Å². The van der Waals surface area contributed by atoms with Crippen molar-refractivity contribution < 1.29 is 33.4 Å². The lowest BCUT2D eigenvalue weighted by molar-refractivity contribution is -0.197. The number of unbranched alkanes of at least 4 members (excludes halogenated alkanes) is 2. The molecule has 1 rings (SSSR count). The summed E-state index contributed by atoms with van der Waals surface area (Å²) < 4.78 is 15.6. The number of hydroxylamine groups is 2. The maximum atomic E-state index is 11.5. The van der Waals surface area contributed by atoms with Gasteiger partial charge in [-0.2, -0.15) is 0 Å². The van der Waals surface area contributed by atoms with Crippen molar-refractivity contribution in [2.24, 2.45) is 0 Å². The van der Waals surface area contributed by atoms with Gasteiger partial charge in [0.1, 0.15) is 6.10 Å². The lowest BCUT2D eigenvalue weighted by Crippen LogP contribution is -2.31. The molecular weight excluding hydrogens is 306 g/mol. The van der Waals surface area contributed by atoms with Crippen molar-refractivity contribution in [2.75, 3.05) is 34.0 Å². The van der Waals surface area contributed by atoms with E-state index in [1.165, 1.54) is 0 Å². The van der Waals surface area contributed by atoms with Crippen LogP contribution in [0.1, 0.15) is 38.5 Å². The van der Waals surface area contributed by atoms with Gasteiger partial charge in [0.25, 0.3) is 11.8 Å². The number of carbonyl (C=O) groups is 3. The Morgan fingerprint density at radius 1 is 1.09 bits per heavy atom. The van der Waals surface area contributed by atoms with Crippen molar-refractivity contribution in [1.29, 1.82) is 0 Å². The molecule has 0 aromatic heterocycles. The van der Waals surface area contributed by atoms with Crippen LogP contribution in [0.15, 0.2) is 0 Å². The average molecular weight is 331 g/mol. The third kappa shape index (κ3) is 7.54. The van der Waals surface area contributed by atoms with E-state index in [2.05, 4.69) is 0 Å². The normalized spacial score (nSPS) is 16.0. The molecule has 0 aromatic rings. The molecule has 0 spiro atoms. The number of imide groups is 1. The van der Waals surface area contributed by atoms with E-state index in [0.717, 1.165) is 12.8 Å². The highest BCUT2D eigenvalue weighted by molar-refractivity contribution is 6.01. The van der Waals surface area contributed by atoms with Crippen molar-refractivity contribution in [2.45, 2.75) is 44.6 Å². The first kappa shape index (κ1) is 19.5. The van der Waals surface area contributed by atoms with Gasteiger partial charge in [-0.25, -0.2) is 4.79 Å². The molecule has 1 aliphatic rings. The fourth-order valence-electron chi connectivity index (χ4n) is 2.04.